The van der Waals surface area contributed by atoms with E-state index in [0.29, 0.717) is 11.8 Å². The van der Waals surface area contributed by atoms with Crippen LogP contribution in [-0.4, -0.2) is 18.2 Å². The number of rotatable bonds is 1. The predicted molar refractivity (Wildman–Crippen MR) is 68.6 cm³/mol. The average molecular weight is 249 g/mol. The van der Waals surface area contributed by atoms with Gasteiger partial charge in [-0.1, -0.05) is 12.1 Å². The molecule has 3 heteroatoms. The lowest BCUT2D eigenvalue weighted by atomic mass is 9.67. The van der Waals surface area contributed by atoms with E-state index in [0.717, 1.165) is 44.3 Å². The lowest BCUT2D eigenvalue weighted by molar-refractivity contribution is -0.0469. The van der Waals surface area contributed by atoms with Crippen molar-refractivity contribution in [3.63, 3.8) is 0 Å². The predicted octanol–water partition coefficient (Wildman–Crippen LogP) is 2.42. The second-order valence-electron chi connectivity index (χ2n) is 5.79. The van der Waals surface area contributed by atoms with Gasteiger partial charge in [0, 0.05) is 0 Å². The Kier molecular flexibility index (Phi) is 3.12. The summed E-state index contributed by atoms with van der Waals surface area (Å²) in [4.78, 5) is 0. The number of piperidine rings is 1. The summed E-state index contributed by atoms with van der Waals surface area (Å²) in [5, 5.41) is 14.3. The molecule has 2 fully saturated rings. The second kappa shape index (κ2) is 4.63. The van der Waals surface area contributed by atoms with Crippen LogP contribution in [0.2, 0.25) is 0 Å². The SMILES string of the molecule is OC1(c2ccc(F)cc2)CCC2CNCCC2C1. The van der Waals surface area contributed by atoms with E-state index in [9.17, 15) is 9.50 Å². The molecule has 1 aromatic rings. The van der Waals surface area contributed by atoms with Gasteiger partial charge in [-0.25, -0.2) is 4.39 Å². The summed E-state index contributed by atoms with van der Waals surface area (Å²) in [7, 11) is 0. The molecule has 0 amide bonds. The molecule has 1 aliphatic carbocycles. The fraction of sp³-hybridized carbons (Fsp3) is 0.600. The van der Waals surface area contributed by atoms with Gasteiger partial charge in [0.2, 0.25) is 0 Å². The minimum Gasteiger partial charge on any atom is -0.385 e. The standard InChI is InChI=1S/C15H20FNO/c16-14-3-1-13(2-4-14)15(18)7-5-12-10-17-8-6-11(12)9-15/h1-4,11-12,17-18H,5-10H2. The third-order valence-electron chi connectivity index (χ3n) is 4.68. The zero-order valence-corrected chi connectivity index (χ0v) is 10.5. The maximum Gasteiger partial charge on any atom is 0.123 e. The Morgan fingerprint density at radius 3 is 2.72 bits per heavy atom. The fourth-order valence-corrected chi connectivity index (χ4v) is 3.57. The van der Waals surface area contributed by atoms with Crippen LogP contribution in [0.5, 0.6) is 0 Å². The Morgan fingerprint density at radius 1 is 1.17 bits per heavy atom. The summed E-state index contributed by atoms with van der Waals surface area (Å²) in [6.45, 7) is 2.14. The van der Waals surface area contributed by atoms with Gasteiger partial charge in [-0.2, -0.15) is 0 Å². The highest BCUT2D eigenvalue weighted by Gasteiger charge is 2.41. The average Bonchev–Trinajstić information content (AvgIpc) is 2.39. The van der Waals surface area contributed by atoms with Crippen molar-refractivity contribution in [2.45, 2.75) is 31.3 Å². The summed E-state index contributed by atoms with van der Waals surface area (Å²) >= 11 is 0. The molecule has 0 radical (unpaired) electrons. The van der Waals surface area contributed by atoms with E-state index < -0.39 is 5.60 Å². The normalized spacial score (nSPS) is 36.1. The van der Waals surface area contributed by atoms with Gasteiger partial charge in [-0.15, -0.1) is 0 Å². The van der Waals surface area contributed by atoms with Crippen molar-refractivity contribution in [1.29, 1.82) is 0 Å². The van der Waals surface area contributed by atoms with E-state index in [-0.39, 0.29) is 5.82 Å². The Labute approximate surface area is 107 Å². The van der Waals surface area contributed by atoms with Crippen molar-refractivity contribution in [2.24, 2.45) is 11.8 Å². The van der Waals surface area contributed by atoms with Crippen LogP contribution in [0.1, 0.15) is 31.2 Å². The van der Waals surface area contributed by atoms with Gasteiger partial charge < -0.3 is 10.4 Å². The summed E-state index contributed by atoms with van der Waals surface area (Å²) in [5.74, 6) is 1.08. The molecule has 3 unspecified atom stereocenters. The van der Waals surface area contributed by atoms with E-state index >= 15 is 0 Å². The van der Waals surface area contributed by atoms with Gasteiger partial charge in [0.25, 0.3) is 0 Å². The molecular formula is C15H20FNO. The van der Waals surface area contributed by atoms with Crippen molar-refractivity contribution in [3.8, 4) is 0 Å². The lowest BCUT2D eigenvalue weighted by Crippen LogP contribution is -2.45. The number of hydrogen-bond acceptors (Lipinski definition) is 2. The largest absolute Gasteiger partial charge is 0.385 e. The van der Waals surface area contributed by atoms with E-state index in [1.54, 1.807) is 12.1 Å². The Balaban J connectivity index is 1.80. The first kappa shape index (κ1) is 12.1. The maximum absolute atomic E-state index is 13.0. The Bertz CT molecular complexity index is 419. The third kappa shape index (κ3) is 2.17. The van der Waals surface area contributed by atoms with E-state index in [1.165, 1.54) is 12.1 Å². The summed E-state index contributed by atoms with van der Waals surface area (Å²) in [6, 6.07) is 6.36. The first-order chi connectivity index (χ1) is 8.67. The highest BCUT2D eigenvalue weighted by molar-refractivity contribution is 5.24. The van der Waals surface area contributed by atoms with Crippen LogP contribution < -0.4 is 5.32 Å². The van der Waals surface area contributed by atoms with Crippen molar-refractivity contribution in [1.82, 2.24) is 5.32 Å². The highest BCUT2D eigenvalue weighted by atomic mass is 19.1. The Morgan fingerprint density at radius 2 is 1.94 bits per heavy atom. The smallest absolute Gasteiger partial charge is 0.123 e. The summed E-state index contributed by atoms with van der Waals surface area (Å²) < 4.78 is 13.0. The summed E-state index contributed by atoms with van der Waals surface area (Å²) in [6.07, 6.45) is 3.83. The van der Waals surface area contributed by atoms with Crippen molar-refractivity contribution in [2.75, 3.05) is 13.1 Å². The molecule has 2 nitrogen and oxygen atoms in total. The van der Waals surface area contributed by atoms with Crippen LogP contribution in [0.15, 0.2) is 24.3 Å². The number of hydrogen-bond donors (Lipinski definition) is 2. The Hall–Kier alpha value is -0.930. The first-order valence-electron chi connectivity index (χ1n) is 6.86. The number of halogens is 1. The molecule has 1 saturated carbocycles. The molecule has 1 heterocycles. The van der Waals surface area contributed by atoms with Crippen molar-refractivity contribution < 1.29 is 9.50 Å². The minimum atomic E-state index is -0.744. The van der Waals surface area contributed by atoms with E-state index in [1.807, 2.05) is 0 Å². The molecule has 1 aliphatic heterocycles. The number of nitrogens with one attached hydrogen (secondary N) is 1. The van der Waals surface area contributed by atoms with Gasteiger partial charge in [0.1, 0.15) is 5.82 Å². The van der Waals surface area contributed by atoms with E-state index in [4.69, 9.17) is 0 Å². The molecule has 1 aromatic carbocycles. The molecule has 0 aromatic heterocycles. The molecule has 98 valence electrons. The quantitative estimate of drug-likeness (QED) is 0.801. The fourth-order valence-electron chi connectivity index (χ4n) is 3.57. The molecule has 0 spiro atoms. The highest BCUT2D eigenvalue weighted by Crippen LogP contribution is 2.44. The molecule has 3 rings (SSSR count). The van der Waals surface area contributed by atoms with Crippen LogP contribution in [0.4, 0.5) is 4.39 Å². The lowest BCUT2D eigenvalue weighted by Gasteiger charge is -2.44. The first-order valence-corrected chi connectivity index (χ1v) is 6.86. The van der Waals surface area contributed by atoms with Crippen molar-refractivity contribution >= 4 is 0 Å². The number of aliphatic hydroxyl groups is 1. The van der Waals surface area contributed by atoms with Gasteiger partial charge in [0.15, 0.2) is 0 Å². The zero-order chi connectivity index (χ0) is 12.6. The maximum atomic E-state index is 13.0. The molecule has 3 atom stereocenters. The number of benzene rings is 1. The monoisotopic (exact) mass is 249 g/mol. The molecular weight excluding hydrogens is 229 g/mol. The minimum absolute atomic E-state index is 0.238. The van der Waals surface area contributed by atoms with Crippen LogP contribution in [0.3, 0.4) is 0 Å². The van der Waals surface area contributed by atoms with E-state index in [2.05, 4.69) is 5.32 Å². The zero-order valence-electron chi connectivity index (χ0n) is 10.5. The van der Waals surface area contributed by atoms with Gasteiger partial charge in [-0.3, -0.25) is 0 Å². The topological polar surface area (TPSA) is 32.3 Å². The molecule has 0 bridgehead atoms. The van der Waals surface area contributed by atoms with Crippen LogP contribution in [0.25, 0.3) is 0 Å². The molecule has 2 aliphatic rings. The molecule has 2 N–H and O–H groups in total. The van der Waals surface area contributed by atoms with Gasteiger partial charge in [0.05, 0.1) is 5.60 Å². The third-order valence-corrected chi connectivity index (χ3v) is 4.68. The molecule has 1 saturated heterocycles. The molecule has 18 heavy (non-hydrogen) atoms. The van der Waals surface area contributed by atoms with Crippen LogP contribution >= 0.6 is 0 Å². The summed E-state index contributed by atoms with van der Waals surface area (Å²) in [5.41, 5.74) is 0.132. The number of fused-ring (bicyclic) bond motifs is 1. The second-order valence-corrected chi connectivity index (χ2v) is 5.79. The van der Waals surface area contributed by atoms with Crippen LogP contribution in [0, 0.1) is 17.7 Å². The van der Waals surface area contributed by atoms with Crippen molar-refractivity contribution in [3.05, 3.63) is 35.6 Å². The van der Waals surface area contributed by atoms with Gasteiger partial charge >= 0.3 is 0 Å². The van der Waals surface area contributed by atoms with Gasteiger partial charge in [-0.05, 0) is 68.3 Å². The van der Waals surface area contributed by atoms with Crippen LogP contribution in [-0.2, 0) is 5.60 Å².